The summed E-state index contributed by atoms with van der Waals surface area (Å²) in [6.45, 7) is 0. The van der Waals surface area contributed by atoms with Crippen LogP contribution in [0.15, 0.2) is 48.5 Å². The molecule has 0 aliphatic carbocycles. The molecule has 108 valence electrons. The normalized spacial score (nSPS) is 10.7. The Morgan fingerprint density at radius 2 is 2.00 bits per heavy atom. The fourth-order valence-corrected chi connectivity index (χ4v) is 2.00. The number of carbonyl (C=O) groups excluding carboxylic acids is 1. The standard InChI is InChI=1S/C16H13BrO4/c17-10-21-14-3-1-2-11(9-14)15(19)6-4-12-8-13(18)5-7-16(12)20/h1-9,18,20H,10H2/b6-4+. The first-order valence-corrected chi connectivity index (χ1v) is 7.25. The predicted octanol–water partition coefficient (Wildman–Crippen LogP) is 3.73. The maximum atomic E-state index is 12.1. The summed E-state index contributed by atoms with van der Waals surface area (Å²) in [6, 6.07) is 10.9. The van der Waals surface area contributed by atoms with Crippen LogP contribution in [0.4, 0.5) is 0 Å². The van der Waals surface area contributed by atoms with E-state index in [1.165, 1.54) is 30.4 Å². The number of phenols is 2. The van der Waals surface area contributed by atoms with Crippen LogP contribution < -0.4 is 4.74 Å². The first-order chi connectivity index (χ1) is 10.1. The number of allylic oxidation sites excluding steroid dienone is 1. The Bertz CT molecular complexity index is 680. The van der Waals surface area contributed by atoms with Gasteiger partial charge in [-0.25, -0.2) is 0 Å². The molecule has 2 aromatic carbocycles. The molecule has 0 bridgehead atoms. The number of ether oxygens (including phenoxy) is 1. The van der Waals surface area contributed by atoms with Gasteiger partial charge >= 0.3 is 0 Å². The summed E-state index contributed by atoms with van der Waals surface area (Å²) in [5, 5.41) is 19.0. The van der Waals surface area contributed by atoms with Crippen LogP contribution in [0.5, 0.6) is 17.2 Å². The lowest BCUT2D eigenvalue weighted by molar-refractivity contribution is 0.104. The van der Waals surface area contributed by atoms with E-state index >= 15 is 0 Å². The van der Waals surface area contributed by atoms with E-state index in [1.807, 2.05) is 0 Å². The molecule has 0 unspecified atom stereocenters. The molecule has 0 aliphatic heterocycles. The van der Waals surface area contributed by atoms with E-state index in [-0.39, 0.29) is 17.3 Å². The van der Waals surface area contributed by atoms with Crippen LogP contribution in [0.2, 0.25) is 0 Å². The number of hydrogen-bond acceptors (Lipinski definition) is 4. The molecule has 0 saturated heterocycles. The quantitative estimate of drug-likeness (QED) is 0.374. The molecular formula is C16H13BrO4. The van der Waals surface area contributed by atoms with Crippen molar-refractivity contribution in [3.63, 3.8) is 0 Å². The Labute approximate surface area is 130 Å². The van der Waals surface area contributed by atoms with Crippen molar-refractivity contribution in [3.05, 3.63) is 59.7 Å². The molecule has 0 spiro atoms. The van der Waals surface area contributed by atoms with E-state index in [1.54, 1.807) is 24.3 Å². The Kier molecular flexibility index (Phi) is 5.00. The minimum atomic E-state index is -0.224. The summed E-state index contributed by atoms with van der Waals surface area (Å²) in [5.41, 5.74) is 1.19. The van der Waals surface area contributed by atoms with Gasteiger partial charge in [0.1, 0.15) is 22.8 Å². The fourth-order valence-electron chi connectivity index (χ4n) is 1.74. The fraction of sp³-hybridized carbons (Fsp3) is 0.0625. The van der Waals surface area contributed by atoms with Gasteiger partial charge in [-0.3, -0.25) is 4.79 Å². The molecule has 0 aliphatic rings. The average molecular weight is 349 g/mol. The number of benzene rings is 2. The molecule has 0 amide bonds. The maximum Gasteiger partial charge on any atom is 0.185 e. The van der Waals surface area contributed by atoms with Gasteiger partial charge < -0.3 is 14.9 Å². The third-order valence-corrected chi connectivity index (χ3v) is 2.99. The monoisotopic (exact) mass is 348 g/mol. The number of carbonyl (C=O) groups is 1. The van der Waals surface area contributed by atoms with E-state index in [0.29, 0.717) is 22.4 Å². The predicted molar refractivity (Wildman–Crippen MR) is 84.0 cm³/mol. The van der Waals surface area contributed by atoms with Crippen molar-refractivity contribution < 1.29 is 19.7 Å². The topological polar surface area (TPSA) is 66.8 Å². The van der Waals surface area contributed by atoms with E-state index in [2.05, 4.69) is 15.9 Å². The lowest BCUT2D eigenvalue weighted by Crippen LogP contribution is -1.96. The van der Waals surface area contributed by atoms with Gasteiger partial charge in [0, 0.05) is 11.1 Å². The minimum absolute atomic E-state index is 0.00628. The van der Waals surface area contributed by atoms with Crippen LogP contribution >= 0.6 is 15.9 Å². The van der Waals surface area contributed by atoms with Gasteiger partial charge in [-0.05, 0) is 58.4 Å². The molecular weight excluding hydrogens is 336 g/mol. The smallest absolute Gasteiger partial charge is 0.185 e. The highest BCUT2D eigenvalue weighted by molar-refractivity contribution is 9.09. The zero-order valence-electron chi connectivity index (χ0n) is 11.0. The maximum absolute atomic E-state index is 12.1. The second-order valence-corrected chi connectivity index (χ2v) is 4.68. The lowest BCUT2D eigenvalue weighted by Gasteiger charge is -2.03. The number of hydrogen-bond donors (Lipinski definition) is 2. The second kappa shape index (κ2) is 6.95. The van der Waals surface area contributed by atoms with Gasteiger partial charge in [0.05, 0.1) is 0 Å². The molecule has 4 nitrogen and oxygen atoms in total. The number of rotatable bonds is 5. The van der Waals surface area contributed by atoms with Gasteiger partial charge in [0.2, 0.25) is 0 Å². The molecule has 2 rings (SSSR count). The van der Waals surface area contributed by atoms with E-state index in [9.17, 15) is 15.0 Å². The highest BCUT2D eigenvalue weighted by Crippen LogP contribution is 2.23. The van der Waals surface area contributed by atoms with Crippen molar-refractivity contribution in [3.8, 4) is 17.2 Å². The highest BCUT2D eigenvalue weighted by Gasteiger charge is 2.05. The molecule has 0 aromatic heterocycles. The van der Waals surface area contributed by atoms with E-state index in [0.717, 1.165) is 0 Å². The molecule has 0 saturated carbocycles. The number of alkyl halides is 1. The SMILES string of the molecule is O=C(/C=C/c1cc(O)ccc1O)c1cccc(OCBr)c1. The van der Waals surface area contributed by atoms with Crippen molar-refractivity contribution in [2.24, 2.45) is 0 Å². The summed E-state index contributed by atoms with van der Waals surface area (Å²) in [7, 11) is 0. The molecule has 2 aromatic rings. The van der Waals surface area contributed by atoms with Crippen LogP contribution in [-0.2, 0) is 0 Å². The third-order valence-electron chi connectivity index (χ3n) is 2.77. The van der Waals surface area contributed by atoms with Gasteiger partial charge in [-0.2, -0.15) is 0 Å². The van der Waals surface area contributed by atoms with Gasteiger partial charge in [0.15, 0.2) is 5.78 Å². The Balaban J connectivity index is 2.19. The number of phenolic OH excluding ortho intramolecular Hbond substituents is 2. The van der Waals surface area contributed by atoms with Crippen LogP contribution in [-0.4, -0.2) is 21.5 Å². The molecule has 21 heavy (non-hydrogen) atoms. The zero-order valence-corrected chi connectivity index (χ0v) is 12.6. The Morgan fingerprint density at radius 3 is 2.76 bits per heavy atom. The van der Waals surface area contributed by atoms with Gasteiger partial charge in [0.25, 0.3) is 0 Å². The Hall–Kier alpha value is -2.27. The Morgan fingerprint density at radius 1 is 1.19 bits per heavy atom. The van der Waals surface area contributed by atoms with Gasteiger partial charge in [-0.1, -0.05) is 12.1 Å². The van der Waals surface area contributed by atoms with E-state index in [4.69, 9.17) is 4.74 Å². The summed E-state index contributed by atoms with van der Waals surface area (Å²) in [5.74, 6) is 0.380. The summed E-state index contributed by atoms with van der Waals surface area (Å²) < 4.78 is 5.26. The molecule has 0 atom stereocenters. The molecule has 5 heteroatoms. The molecule has 2 N–H and O–H groups in total. The summed E-state index contributed by atoms with van der Waals surface area (Å²) >= 11 is 3.15. The summed E-state index contributed by atoms with van der Waals surface area (Å²) in [4.78, 5) is 12.1. The lowest BCUT2D eigenvalue weighted by atomic mass is 10.1. The first kappa shape index (κ1) is 15.1. The average Bonchev–Trinajstić information content (AvgIpc) is 2.48. The van der Waals surface area contributed by atoms with Crippen LogP contribution in [0.25, 0.3) is 6.08 Å². The highest BCUT2D eigenvalue weighted by atomic mass is 79.9. The van der Waals surface area contributed by atoms with Crippen LogP contribution in [0.3, 0.4) is 0 Å². The van der Waals surface area contributed by atoms with Crippen molar-refractivity contribution in [2.45, 2.75) is 0 Å². The van der Waals surface area contributed by atoms with Gasteiger partial charge in [-0.15, -0.1) is 0 Å². The van der Waals surface area contributed by atoms with Crippen molar-refractivity contribution in [1.29, 1.82) is 0 Å². The summed E-state index contributed by atoms with van der Waals surface area (Å²) in [6.07, 6.45) is 2.79. The second-order valence-electron chi connectivity index (χ2n) is 4.22. The largest absolute Gasteiger partial charge is 0.508 e. The van der Waals surface area contributed by atoms with Crippen molar-refractivity contribution >= 4 is 27.8 Å². The zero-order chi connectivity index (χ0) is 15.2. The number of ketones is 1. The molecule has 0 radical (unpaired) electrons. The van der Waals surface area contributed by atoms with Crippen molar-refractivity contribution in [2.75, 3.05) is 5.52 Å². The number of halogens is 1. The first-order valence-electron chi connectivity index (χ1n) is 6.13. The third kappa shape index (κ3) is 4.10. The van der Waals surface area contributed by atoms with E-state index < -0.39 is 0 Å². The van der Waals surface area contributed by atoms with Crippen molar-refractivity contribution in [1.82, 2.24) is 0 Å². The minimum Gasteiger partial charge on any atom is -0.508 e. The molecule has 0 fully saturated rings. The van der Waals surface area contributed by atoms with Crippen LogP contribution in [0, 0.1) is 0 Å². The molecule has 0 heterocycles. The number of aromatic hydroxyl groups is 2. The van der Waals surface area contributed by atoms with Crippen LogP contribution in [0.1, 0.15) is 15.9 Å².